The van der Waals surface area contributed by atoms with E-state index in [-0.39, 0.29) is 0 Å². The van der Waals surface area contributed by atoms with Gasteiger partial charge in [0, 0.05) is 24.6 Å². The Morgan fingerprint density at radius 2 is 2.00 bits per heavy atom. The van der Waals surface area contributed by atoms with Gasteiger partial charge >= 0.3 is 0 Å². The Balaban J connectivity index is 1.82. The fraction of sp³-hybridized carbons (Fsp3) is 1.00. The monoisotopic (exact) mass is 239 g/mol. The summed E-state index contributed by atoms with van der Waals surface area (Å²) >= 11 is 0. The van der Waals surface area contributed by atoms with Gasteiger partial charge in [0.2, 0.25) is 0 Å². The molecule has 2 aliphatic rings. The van der Waals surface area contributed by atoms with Gasteiger partial charge in [-0.1, -0.05) is 40.0 Å². The van der Waals surface area contributed by atoms with Crippen molar-refractivity contribution >= 4 is 0 Å². The highest BCUT2D eigenvalue weighted by atomic mass is 16.5. The number of hydrogen-bond acceptors (Lipinski definition) is 2. The summed E-state index contributed by atoms with van der Waals surface area (Å²) in [4.78, 5) is 0. The molecule has 4 atom stereocenters. The lowest BCUT2D eigenvalue weighted by atomic mass is 9.64. The van der Waals surface area contributed by atoms with E-state index < -0.39 is 0 Å². The van der Waals surface area contributed by atoms with E-state index in [4.69, 9.17) is 4.74 Å². The van der Waals surface area contributed by atoms with Crippen LogP contribution in [-0.2, 0) is 4.74 Å². The van der Waals surface area contributed by atoms with Crippen LogP contribution in [0.1, 0.15) is 59.3 Å². The van der Waals surface area contributed by atoms with Crippen molar-refractivity contribution in [1.29, 1.82) is 0 Å². The molecule has 100 valence electrons. The van der Waals surface area contributed by atoms with E-state index in [1.54, 1.807) is 0 Å². The van der Waals surface area contributed by atoms with Crippen LogP contribution in [0.3, 0.4) is 0 Å². The van der Waals surface area contributed by atoms with Crippen molar-refractivity contribution in [1.82, 2.24) is 5.32 Å². The average Bonchev–Trinajstić information content (AvgIpc) is 2.34. The molecule has 2 saturated carbocycles. The Hall–Kier alpha value is -0.0800. The molecule has 0 saturated heterocycles. The molecule has 2 fully saturated rings. The number of rotatable bonds is 4. The first-order valence-corrected chi connectivity index (χ1v) is 7.36. The second kappa shape index (κ2) is 5.27. The molecule has 2 rings (SSSR count). The smallest absolute Gasteiger partial charge is 0.0652 e. The minimum absolute atomic E-state index is 0.313. The minimum atomic E-state index is 0.313. The maximum Gasteiger partial charge on any atom is 0.0652 e. The SMILES string of the molecule is CCC1CCCC(NC2CC(OC)C2(C)C)C1. The summed E-state index contributed by atoms with van der Waals surface area (Å²) < 4.78 is 5.52. The zero-order valence-corrected chi connectivity index (χ0v) is 12.0. The Kier molecular flexibility index (Phi) is 4.14. The predicted octanol–water partition coefficient (Wildman–Crippen LogP) is 3.36. The average molecular weight is 239 g/mol. The molecule has 0 aliphatic heterocycles. The number of ether oxygens (including phenoxy) is 1. The lowest BCUT2D eigenvalue weighted by Gasteiger charge is -2.53. The molecule has 0 amide bonds. The number of nitrogens with one attached hydrogen (secondary N) is 1. The summed E-state index contributed by atoms with van der Waals surface area (Å²) in [6.07, 6.45) is 8.62. The summed E-state index contributed by atoms with van der Waals surface area (Å²) in [6, 6.07) is 1.42. The molecule has 0 bridgehead atoms. The number of hydrogen-bond donors (Lipinski definition) is 1. The van der Waals surface area contributed by atoms with Crippen LogP contribution in [0.4, 0.5) is 0 Å². The molecule has 2 heteroatoms. The van der Waals surface area contributed by atoms with Crippen molar-refractivity contribution in [3.8, 4) is 0 Å². The lowest BCUT2D eigenvalue weighted by molar-refractivity contribution is -0.102. The summed E-state index contributed by atoms with van der Waals surface area (Å²) in [7, 11) is 1.84. The summed E-state index contributed by atoms with van der Waals surface area (Å²) in [5.74, 6) is 0.961. The Morgan fingerprint density at radius 1 is 1.24 bits per heavy atom. The lowest BCUT2D eigenvalue weighted by Crippen LogP contribution is -2.62. The summed E-state index contributed by atoms with van der Waals surface area (Å²) in [5, 5.41) is 3.89. The van der Waals surface area contributed by atoms with Gasteiger partial charge in [-0.3, -0.25) is 0 Å². The van der Waals surface area contributed by atoms with E-state index in [0.717, 1.165) is 12.0 Å². The van der Waals surface area contributed by atoms with Crippen LogP contribution >= 0.6 is 0 Å². The molecular weight excluding hydrogens is 210 g/mol. The second-order valence-electron chi connectivity index (χ2n) is 6.64. The molecule has 0 heterocycles. The van der Waals surface area contributed by atoms with Crippen LogP contribution in [0.5, 0.6) is 0 Å². The van der Waals surface area contributed by atoms with Crippen LogP contribution in [0.15, 0.2) is 0 Å². The molecule has 0 aromatic carbocycles. The van der Waals surface area contributed by atoms with E-state index >= 15 is 0 Å². The van der Waals surface area contributed by atoms with Crippen LogP contribution in [0.25, 0.3) is 0 Å². The van der Waals surface area contributed by atoms with Crippen molar-refractivity contribution < 1.29 is 4.74 Å². The molecule has 2 nitrogen and oxygen atoms in total. The van der Waals surface area contributed by atoms with Crippen molar-refractivity contribution in [3.63, 3.8) is 0 Å². The van der Waals surface area contributed by atoms with Crippen LogP contribution in [0.2, 0.25) is 0 Å². The van der Waals surface area contributed by atoms with Crippen molar-refractivity contribution in [3.05, 3.63) is 0 Å². The van der Waals surface area contributed by atoms with Crippen molar-refractivity contribution in [2.45, 2.75) is 77.5 Å². The highest BCUT2D eigenvalue weighted by Gasteiger charge is 2.49. The van der Waals surface area contributed by atoms with E-state index in [2.05, 4.69) is 26.1 Å². The van der Waals surface area contributed by atoms with Crippen LogP contribution in [-0.4, -0.2) is 25.3 Å². The first-order chi connectivity index (χ1) is 8.07. The van der Waals surface area contributed by atoms with Crippen molar-refractivity contribution in [2.24, 2.45) is 11.3 Å². The van der Waals surface area contributed by atoms with Gasteiger partial charge in [0.05, 0.1) is 6.10 Å². The van der Waals surface area contributed by atoms with Crippen molar-refractivity contribution in [2.75, 3.05) is 7.11 Å². The van der Waals surface area contributed by atoms with Crippen LogP contribution in [0, 0.1) is 11.3 Å². The van der Waals surface area contributed by atoms with E-state index in [0.29, 0.717) is 17.6 Å². The van der Waals surface area contributed by atoms with Gasteiger partial charge in [-0.15, -0.1) is 0 Å². The summed E-state index contributed by atoms with van der Waals surface area (Å²) in [5.41, 5.74) is 0.313. The quantitative estimate of drug-likeness (QED) is 0.812. The van der Waals surface area contributed by atoms with Gasteiger partial charge in [-0.05, 0) is 25.2 Å². The third-order valence-corrected chi connectivity index (χ3v) is 5.26. The molecule has 1 N–H and O–H groups in total. The minimum Gasteiger partial charge on any atom is -0.381 e. The van der Waals surface area contributed by atoms with E-state index in [1.165, 1.54) is 38.5 Å². The zero-order valence-electron chi connectivity index (χ0n) is 12.0. The predicted molar refractivity (Wildman–Crippen MR) is 72.2 cm³/mol. The third-order valence-electron chi connectivity index (χ3n) is 5.26. The fourth-order valence-electron chi connectivity index (χ4n) is 3.67. The second-order valence-corrected chi connectivity index (χ2v) is 6.64. The molecule has 17 heavy (non-hydrogen) atoms. The largest absolute Gasteiger partial charge is 0.381 e. The van der Waals surface area contributed by atoms with Gasteiger partial charge in [0.15, 0.2) is 0 Å². The Labute approximate surface area is 107 Å². The molecule has 0 aromatic rings. The highest BCUT2D eigenvalue weighted by molar-refractivity contribution is 5.03. The first kappa shape index (κ1) is 13.4. The number of methoxy groups -OCH3 is 1. The molecule has 4 unspecified atom stereocenters. The van der Waals surface area contributed by atoms with Gasteiger partial charge in [0.1, 0.15) is 0 Å². The first-order valence-electron chi connectivity index (χ1n) is 7.36. The van der Waals surface area contributed by atoms with Gasteiger partial charge < -0.3 is 10.1 Å². The molecule has 0 radical (unpaired) electrons. The fourth-order valence-corrected chi connectivity index (χ4v) is 3.67. The van der Waals surface area contributed by atoms with Gasteiger partial charge in [0.25, 0.3) is 0 Å². The van der Waals surface area contributed by atoms with E-state index in [1.807, 2.05) is 7.11 Å². The standard InChI is InChI=1S/C15H29NO/c1-5-11-7-6-8-12(9-11)16-13-10-14(17-4)15(13,2)3/h11-14,16H,5-10H2,1-4H3. The van der Waals surface area contributed by atoms with Gasteiger partial charge in [-0.2, -0.15) is 0 Å². The normalized spacial score (nSPS) is 40.9. The molecule has 0 spiro atoms. The molecule has 2 aliphatic carbocycles. The maximum absolute atomic E-state index is 5.52. The third kappa shape index (κ3) is 2.68. The Bertz CT molecular complexity index is 251. The topological polar surface area (TPSA) is 21.3 Å². The summed E-state index contributed by atoms with van der Waals surface area (Å²) in [6.45, 7) is 7.01. The van der Waals surface area contributed by atoms with Gasteiger partial charge in [-0.25, -0.2) is 0 Å². The molecular formula is C15H29NO. The zero-order chi connectivity index (χ0) is 12.5. The van der Waals surface area contributed by atoms with Crippen LogP contribution < -0.4 is 5.32 Å². The molecule has 0 aromatic heterocycles. The van der Waals surface area contributed by atoms with E-state index in [9.17, 15) is 0 Å². The highest BCUT2D eigenvalue weighted by Crippen LogP contribution is 2.43. The maximum atomic E-state index is 5.52. The Morgan fingerprint density at radius 3 is 2.59 bits per heavy atom.